The normalized spacial score (nSPS) is 35.7. The van der Waals surface area contributed by atoms with Gasteiger partial charge >= 0.3 is 5.97 Å². The first kappa shape index (κ1) is 39.4. The summed E-state index contributed by atoms with van der Waals surface area (Å²) >= 11 is 0. The summed E-state index contributed by atoms with van der Waals surface area (Å²) in [4.78, 5) is 13.3. The molecule has 0 aromatic rings. The van der Waals surface area contributed by atoms with Crippen molar-refractivity contribution in [3.63, 3.8) is 0 Å². The van der Waals surface area contributed by atoms with E-state index in [0.717, 1.165) is 74.5 Å². The van der Waals surface area contributed by atoms with Gasteiger partial charge in [0, 0.05) is 18.3 Å². The molecule has 3 heteroatoms. The van der Waals surface area contributed by atoms with Crippen LogP contribution in [0.4, 0.5) is 0 Å². The fourth-order valence-corrected chi connectivity index (χ4v) is 11.6. The number of fused-ring (bicyclic) bond motifs is 5. The zero-order valence-electron chi connectivity index (χ0n) is 32.3. The molecule has 1 N–H and O–H groups in total. The number of carbonyl (C=O) groups excluding carboxylic acids is 1. The van der Waals surface area contributed by atoms with Gasteiger partial charge in [-0.3, -0.25) is 4.79 Å². The van der Waals surface area contributed by atoms with Gasteiger partial charge in [-0.05, 0) is 130 Å². The zero-order chi connectivity index (χ0) is 34.6. The lowest BCUT2D eigenvalue weighted by molar-refractivity contribution is -0.203. The second-order valence-corrected chi connectivity index (χ2v) is 17.8. The van der Waals surface area contributed by atoms with Crippen LogP contribution in [0.3, 0.4) is 0 Å². The molecule has 0 aliphatic heterocycles. The minimum absolute atomic E-state index is 0.00944. The van der Waals surface area contributed by atoms with Gasteiger partial charge < -0.3 is 9.84 Å². The van der Waals surface area contributed by atoms with Gasteiger partial charge in [0.05, 0.1) is 6.10 Å². The smallest absolute Gasteiger partial charge is 0.306 e. The highest BCUT2D eigenvalue weighted by molar-refractivity contribution is 5.69. The highest BCUT2D eigenvalue weighted by Gasteiger charge is 2.63. The molecule has 4 aliphatic carbocycles. The predicted molar refractivity (Wildman–Crippen MR) is 204 cm³/mol. The monoisotopic (exact) mass is 665 g/mol. The van der Waals surface area contributed by atoms with E-state index in [2.05, 4.69) is 78.0 Å². The molecule has 48 heavy (non-hydrogen) atoms. The van der Waals surface area contributed by atoms with Crippen LogP contribution < -0.4 is 0 Å². The van der Waals surface area contributed by atoms with Crippen molar-refractivity contribution in [1.29, 1.82) is 0 Å². The van der Waals surface area contributed by atoms with Crippen molar-refractivity contribution in [2.45, 2.75) is 189 Å². The van der Waals surface area contributed by atoms with Gasteiger partial charge in [0.25, 0.3) is 0 Å². The number of carbonyl (C=O) groups is 1. The van der Waals surface area contributed by atoms with E-state index in [9.17, 15) is 9.90 Å². The molecule has 4 rings (SSSR count). The zero-order valence-corrected chi connectivity index (χ0v) is 32.3. The van der Waals surface area contributed by atoms with Gasteiger partial charge in [-0.1, -0.05) is 117 Å². The van der Waals surface area contributed by atoms with Gasteiger partial charge in [0.1, 0.15) is 6.10 Å². The second kappa shape index (κ2) is 19.3. The van der Waals surface area contributed by atoms with E-state index in [-0.39, 0.29) is 23.6 Å². The third-order valence-electron chi connectivity index (χ3n) is 14.2. The van der Waals surface area contributed by atoms with Crippen LogP contribution in [0, 0.1) is 52.3 Å². The Kier molecular flexibility index (Phi) is 15.9. The minimum Gasteiger partial charge on any atom is -0.462 e. The van der Waals surface area contributed by atoms with Crippen molar-refractivity contribution in [1.82, 2.24) is 0 Å². The summed E-state index contributed by atoms with van der Waals surface area (Å²) in [5.74, 6) is 5.17. The number of aliphatic hydroxyl groups is 1. The van der Waals surface area contributed by atoms with Gasteiger partial charge in [-0.15, -0.1) is 0 Å². The van der Waals surface area contributed by atoms with Gasteiger partial charge in [-0.25, -0.2) is 0 Å². The molecule has 0 spiro atoms. The van der Waals surface area contributed by atoms with E-state index in [0.29, 0.717) is 30.1 Å². The third-order valence-corrected chi connectivity index (χ3v) is 14.2. The van der Waals surface area contributed by atoms with E-state index >= 15 is 0 Å². The van der Waals surface area contributed by atoms with Crippen molar-refractivity contribution < 1.29 is 14.6 Å². The Bertz CT molecular complexity index is 1040. The molecule has 0 amide bonds. The fourth-order valence-electron chi connectivity index (χ4n) is 11.6. The predicted octanol–water partition coefficient (Wildman–Crippen LogP) is 12.6. The van der Waals surface area contributed by atoms with Gasteiger partial charge in [0.2, 0.25) is 0 Å². The molecule has 3 nitrogen and oxygen atoms in total. The molecule has 274 valence electrons. The Morgan fingerprint density at radius 1 is 0.792 bits per heavy atom. The molecule has 4 aliphatic rings. The Balaban J connectivity index is 1.22. The summed E-state index contributed by atoms with van der Waals surface area (Å²) in [5.41, 5.74) is 0.483. The van der Waals surface area contributed by atoms with Crippen molar-refractivity contribution in [3.8, 4) is 0 Å². The number of unbranched alkanes of at least 4 members (excludes halogenated alkanes) is 5. The Hall–Kier alpha value is -1.35. The molecule has 0 aromatic carbocycles. The van der Waals surface area contributed by atoms with E-state index in [4.69, 9.17) is 4.74 Å². The highest BCUT2D eigenvalue weighted by atomic mass is 16.5. The van der Waals surface area contributed by atoms with E-state index in [1.807, 2.05) is 0 Å². The highest BCUT2D eigenvalue weighted by Crippen LogP contribution is 2.68. The summed E-state index contributed by atoms with van der Waals surface area (Å²) in [6.07, 6.45) is 37.2. The van der Waals surface area contributed by atoms with E-state index < -0.39 is 0 Å². The number of rotatable bonds is 19. The molecule has 1 unspecified atom stereocenters. The maximum absolute atomic E-state index is 13.3. The quantitative estimate of drug-likeness (QED) is 0.0849. The maximum Gasteiger partial charge on any atom is 0.306 e. The van der Waals surface area contributed by atoms with Crippen LogP contribution in [0.15, 0.2) is 36.5 Å². The Morgan fingerprint density at radius 3 is 2.25 bits per heavy atom. The van der Waals surface area contributed by atoms with Crippen molar-refractivity contribution >= 4 is 5.97 Å². The molecule has 0 aromatic heterocycles. The lowest BCUT2D eigenvalue weighted by Gasteiger charge is -2.62. The van der Waals surface area contributed by atoms with Crippen LogP contribution in [-0.2, 0) is 9.53 Å². The summed E-state index contributed by atoms with van der Waals surface area (Å²) in [6.45, 7) is 14.6. The van der Waals surface area contributed by atoms with Crippen LogP contribution in [-0.4, -0.2) is 23.3 Å². The largest absolute Gasteiger partial charge is 0.462 e. The number of hydrogen-bond donors (Lipinski definition) is 1. The van der Waals surface area contributed by atoms with Crippen LogP contribution in [0.5, 0.6) is 0 Å². The number of esters is 1. The SMILES string of the molecule is CC/C=C\C/C=C\C/C=C\CCCCCCCC(=O)OC1C[C@@H](O)C[C@H]2CC[C@@H]3[C@@H]4CC[C@H]([C@H](C)CCCC(C)C)[C@@]4(C)CC[C@@H]3[C@@]12C. The second-order valence-electron chi connectivity index (χ2n) is 17.8. The topological polar surface area (TPSA) is 46.5 Å². The first-order valence-corrected chi connectivity index (χ1v) is 20.9. The summed E-state index contributed by atoms with van der Waals surface area (Å²) in [7, 11) is 0. The van der Waals surface area contributed by atoms with Crippen LogP contribution in [0.1, 0.15) is 176 Å². The molecule has 10 atom stereocenters. The van der Waals surface area contributed by atoms with E-state index in [1.165, 1.54) is 77.0 Å². The number of aliphatic hydroxyl groups excluding tert-OH is 1. The summed E-state index contributed by atoms with van der Waals surface area (Å²) in [6, 6.07) is 0. The lowest BCUT2D eigenvalue weighted by Crippen LogP contribution is -2.60. The molecule has 0 heterocycles. The molecule has 4 fully saturated rings. The fraction of sp³-hybridized carbons (Fsp3) is 0.844. The summed E-state index contributed by atoms with van der Waals surface area (Å²) < 4.78 is 6.44. The summed E-state index contributed by atoms with van der Waals surface area (Å²) in [5, 5.41) is 10.9. The first-order valence-electron chi connectivity index (χ1n) is 20.9. The average Bonchev–Trinajstić information content (AvgIpc) is 3.40. The third kappa shape index (κ3) is 10.1. The van der Waals surface area contributed by atoms with Crippen molar-refractivity contribution in [3.05, 3.63) is 36.5 Å². The maximum atomic E-state index is 13.3. The van der Waals surface area contributed by atoms with Gasteiger partial charge in [-0.2, -0.15) is 0 Å². The molecule has 0 radical (unpaired) electrons. The molecule has 0 bridgehead atoms. The average molecular weight is 665 g/mol. The Labute approximate surface area is 297 Å². The van der Waals surface area contributed by atoms with Gasteiger partial charge in [0.15, 0.2) is 0 Å². The van der Waals surface area contributed by atoms with Crippen molar-refractivity contribution in [2.24, 2.45) is 52.3 Å². The molecule has 0 saturated heterocycles. The number of allylic oxidation sites excluding steroid dienone is 6. The van der Waals surface area contributed by atoms with Crippen molar-refractivity contribution in [2.75, 3.05) is 0 Å². The minimum atomic E-state index is -0.332. The Morgan fingerprint density at radius 2 is 1.50 bits per heavy atom. The molecule has 4 saturated carbocycles. The number of hydrogen-bond acceptors (Lipinski definition) is 3. The standard InChI is InChI=1S/C45H76O3/c1-7-8-9-10-11-12-13-14-15-16-17-18-19-20-21-25-43(47)48-42-33-37(46)32-36-26-27-38-40-29-28-39(35(4)24-22-23-34(2)3)44(40,5)31-30-41(38)45(36,42)6/h8-9,11-12,14-15,34-42,46H,7,10,13,16-33H2,1-6H3/b9-8-,12-11-,15-14-/t35-,36-,37+,38-,39-,40+,41+,42?,44-,45+/m1/s1. The first-order chi connectivity index (χ1) is 23.1. The lowest BCUT2D eigenvalue weighted by atomic mass is 9.43. The van der Waals surface area contributed by atoms with Crippen LogP contribution in [0.25, 0.3) is 0 Å². The number of ether oxygens (including phenoxy) is 1. The van der Waals surface area contributed by atoms with Crippen LogP contribution >= 0.6 is 0 Å². The van der Waals surface area contributed by atoms with Crippen LogP contribution in [0.2, 0.25) is 0 Å². The molecular weight excluding hydrogens is 588 g/mol. The molecular formula is C45H76O3. The van der Waals surface area contributed by atoms with E-state index in [1.54, 1.807) is 0 Å².